The SMILES string of the molecule is CCCCN(C)c1ccc(C(=O)N(C(C)C)C2CCCC2)cc1. The van der Waals surface area contributed by atoms with Crippen molar-refractivity contribution < 1.29 is 4.79 Å². The maximum atomic E-state index is 12.9. The minimum absolute atomic E-state index is 0.190. The number of unbranched alkanes of at least 4 members (excludes halogenated alkanes) is 1. The molecule has 0 spiro atoms. The summed E-state index contributed by atoms with van der Waals surface area (Å²) in [5.41, 5.74) is 2.00. The van der Waals surface area contributed by atoms with Crippen LogP contribution in [0.3, 0.4) is 0 Å². The van der Waals surface area contributed by atoms with E-state index in [9.17, 15) is 4.79 Å². The molecule has 0 heterocycles. The van der Waals surface area contributed by atoms with Gasteiger partial charge in [-0.3, -0.25) is 4.79 Å². The van der Waals surface area contributed by atoms with E-state index in [4.69, 9.17) is 0 Å². The van der Waals surface area contributed by atoms with Gasteiger partial charge in [0.1, 0.15) is 0 Å². The Hall–Kier alpha value is -1.51. The molecule has 2 rings (SSSR count). The normalized spacial score (nSPS) is 15.2. The largest absolute Gasteiger partial charge is 0.375 e. The van der Waals surface area contributed by atoms with Crippen LogP contribution in [0, 0.1) is 0 Å². The van der Waals surface area contributed by atoms with Crippen molar-refractivity contribution >= 4 is 11.6 Å². The van der Waals surface area contributed by atoms with Gasteiger partial charge in [0.25, 0.3) is 5.91 Å². The zero-order valence-electron chi connectivity index (χ0n) is 15.2. The quantitative estimate of drug-likeness (QED) is 0.727. The second kappa shape index (κ2) is 8.37. The summed E-state index contributed by atoms with van der Waals surface area (Å²) in [4.78, 5) is 17.3. The third-order valence-corrected chi connectivity index (χ3v) is 4.91. The molecule has 23 heavy (non-hydrogen) atoms. The molecular formula is C20H32N2O. The first-order valence-electron chi connectivity index (χ1n) is 9.18. The number of benzene rings is 1. The van der Waals surface area contributed by atoms with Gasteiger partial charge in [-0.05, 0) is 57.4 Å². The van der Waals surface area contributed by atoms with E-state index in [2.05, 4.69) is 49.8 Å². The van der Waals surface area contributed by atoms with Crippen LogP contribution in [0.15, 0.2) is 24.3 Å². The average molecular weight is 316 g/mol. The summed E-state index contributed by atoms with van der Waals surface area (Å²) in [6.45, 7) is 7.52. The Bertz CT molecular complexity index is 489. The molecule has 1 aromatic rings. The molecule has 0 saturated heterocycles. The van der Waals surface area contributed by atoms with Gasteiger partial charge in [-0.1, -0.05) is 26.2 Å². The fourth-order valence-corrected chi connectivity index (χ4v) is 3.54. The number of amides is 1. The van der Waals surface area contributed by atoms with Crippen LogP contribution >= 0.6 is 0 Å². The molecule has 0 aromatic heterocycles. The standard InChI is InChI=1S/C20H32N2O/c1-5-6-15-21(4)18-13-11-17(12-14-18)20(23)22(16(2)3)19-9-7-8-10-19/h11-14,16,19H,5-10,15H2,1-4H3. The number of hydrogen-bond donors (Lipinski definition) is 0. The molecule has 0 N–H and O–H groups in total. The summed E-state index contributed by atoms with van der Waals surface area (Å²) >= 11 is 0. The summed E-state index contributed by atoms with van der Waals surface area (Å²) in [5.74, 6) is 0.190. The van der Waals surface area contributed by atoms with Crippen LogP contribution in [0.4, 0.5) is 5.69 Å². The topological polar surface area (TPSA) is 23.6 Å². The second-order valence-electron chi connectivity index (χ2n) is 7.07. The first kappa shape index (κ1) is 17.8. The van der Waals surface area contributed by atoms with Crippen molar-refractivity contribution in [1.29, 1.82) is 0 Å². The Balaban J connectivity index is 2.08. The van der Waals surface area contributed by atoms with Crippen molar-refractivity contribution in [2.24, 2.45) is 0 Å². The third kappa shape index (κ3) is 4.49. The van der Waals surface area contributed by atoms with Gasteiger partial charge in [-0.15, -0.1) is 0 Å². The van der Waals surface area contributed by atoms with Gasteiger partial charge < -0.3 is 9.80 Å². The Morgan fingerprint density at radius 2 is 1.78 bits per heavy atom. The third-order valence-electron chi connectivity index (χ3n) is 4.91. The smallest absolute Gasteiger partial charge is 0.254 e. The number of carbonyl (C=O) groups excluding carboxylic acids is 1. The van der Waals surface area contributed by atoms with E-state index in [0.29, 0.717) is 6.04 Å². The van der Waals surface area contributed by atoms with Crippen molar-refractivity contribution in [2.45, 2.75) is 71.4 Å². The summed E-state index contributed by atoms with van der Waals surface area (Å²) in [7, 11) is 2.12. The molecule has 1 fully saturated rings. The van der Waals surface area contributed by atoms with Gasteiger partial charge in [0, 0.05) is 36.9 Å². The lowest BCUT2D eigenvalue weighted by Gasteiger charge is -2.33. The Kier molecular flexibility index (Phi) is 6.49. The first-order valence-corrected chi connectivity index (χ1v) is 9.18. The van der Waals surface area contributed by atoms with Gasteiger partial charge in [0.2, 0.25) is 0 Å². The number of anilines is 1. The number of nitrogens with zero attached hydrogens (tertiary/aromatic N) is 2. The monoisotopic (exact) mass is 316 g/mol. The highest BCUT2D eigenvalue weighted by Crippen LogP contribution is 2.27. The van der Waals surface area contributed by atoms with Crippen molar-refractivity contribution in [3.8, 4) is 0 Å². The molecule has 1 saturated carbocycles. The molecule has 0 radical (unpaired) electrons. The summed E-state index contributed by atoms with van der Waals surface area (Å²) in [6.07, 6.45) is 7.21. The van der Waals surface area contributed by atoms with Crippen LogP contribution in [0.25, 0.3) is 0 Å². The van der Waals surface area contributed by atoms with Crippen LogP contribution in [0.5, 0.6) is 0 Å². The molecule has 1 aromatic carbocycles. The fourth-order valence-electron chi connectivity index (χ4n) is 3.54. The lowest BCUT2D eigenvalue weighted by atomic mass is 10.1. The molecule has 3 heteroatoms. The van der Waals surface area contributed by atoms with Crippen molar-refractivity contribution in [3.05, 3.63) is 29.8 Å². The van der Waals surface area contributed by atoms with E-state index in [1.54, 1.807) is 0 Å². The van der Waals surface area contributed by atoms with Crippen LogP contribution in [0.2, 0.25) is 0 Å². The number of hydrogen-bond acceptors (Lipinski definition) is 2. The predicted molar refractivity (Wildman–Crippen MR) is 98.2 cm³/mol. The second-order valence-corrected chi connectivity index (χ2v) is 7.07. The Morgan fingerprint density at radius 1 is 1.17 bits per heavy atom. The van der Waals surface area contributed by atoms with Crippen LogP contribution in [-0.2, 0) is 0 Å². The molecule has 0 atom stereocenters. The van der Waals surface area contributed by atoms with Crippen molar-refractivity contribution in [3.63, 3.8) is 0 Å². The zero-order valence-corrected chi connectivity index (χ0v) is 15.2. The van der Waals surface area contributed by atoms with Gasteiger partial charge in [0.05, 0.1) is 0 Å². The van der Waals surface area contributed by atoms with Gasteiger partial charge in [-0.2, -0.15) is 0 Å². The van der Waals surface area contributed by atoms with E-state index in [0.717, 1.165) is 24.9 Å². The molecule has 1 aliphatic rings. The maximum absolute atomic E-state index is 12.9. The molecule has 3 nitrogen and oxygen atoms in total. The van der Waals surface area contributed by atoms with Crippen molar-refractivity contribution in [1.82, 2.24) is 4.90 Å². The van der Waals surface area contributed by atoms with E-state index in [1.807, 2.05) is 12.1 Å². The minimum atomic E-state index is 0.190. The minimum Gasteiger partial charge on any atom is -0.375 e. The summed E-state index contributed by atoms with van der Waals surface area (Å²) in [5, 5.41) is 0. The zero-order chi connectivity index (χ0) is 16.8. The fraction of sp³-hybridized carbons (Fsp3) is 0.650. The van der Waals surface area contributed by atoms with E-state index in [1.165, 1.54) is 31.4 Å². The van der Waals surface area contributed by atoms with Crippen LogP contribution in [0.1, 0.15) is 69.7 Å². The van der Waals surface area contributed by atoms with Gasteiger partial charge in [-0.25, -0.2) is 0 Å². The highest BCUT2D eigenvalue weighted by molar-refractivity contribution is 5.95. The van der Waals surface area contributed by atoms with E-state index >= 15 is 0 Å². The molecular weight excluding hydrogens is 284 g/mol. The van der Waals surface area contributed by atoms with Gasteiger partial charge in [0.15, 0.2) is 0 Å². The van der Waals surface area contributed by atoms with E-state index in [-0.39, 0.29) is 11.9 Å². The predicted octanol–water partition coefficient (Wildman–Crippen LogP) is 4.72. The molecule has 0 aliphatic heterocycles. The van der Waals surface area contributed by atoms with Gasteiger partial charge >= 0.3 is 0 Å². The number of rotatable bonds is 7. The van der Waals surface area contributed by atoms with E-state index < -0.39 is 0 Å². The Labute approximate surface area is 141 Å². The van der Waals surface area contributed by atoms with Crippen LogP contribution in [-0.4, -0.2) is 36.5 Å². The number of carbonyl (C=O) groups is 1. The molecule has 0 bridgehead atoms. The summed E-state index contributed by atoms with van der Waals surface area (Å²) < 4.78 is 0. The molecule has 0 unspecified atom stereocenters. The highest BCUT2D eigenvalue weighted by Gasteiger charge is 2.29. The highest BCUT2D eigenvalue weighted by atomic mass is 16.2. The van der Waals surface area contributed by atoms with Crippen LogP contribution < -0.4 is 4.90 Å². The van der Waals surface area contributed by atoms with Crippen molar-refractivity contribution in [2.75, 3.05) is 18.5 Å². The lowest BCUT2D eigenvalue weighted by molar-refractivity contribution is 0.0613. The molecule has 128 valence electrons. The lowest BCUT2D eigenvalue weighted by Crippen LogP contribution is -2.43. The Morgan fingerprint density at radius 3 is 2.30 bits per heavy atom. The molecule has 1 amide bonds. The maximum Gasteiger partial charge on any atom is 0.254 e. The average Bonchev–Trinajstić information content (AvgIpc) is 3.06. The molecule has 1 aliphatic carbocycles. The summed E-state index contributed by atoms with van der Waals surface area (Å²) in [6, 6.07) is 8.83. The first-order chi connectivity index (χ1) is 11.0.